The van der Waals surface area contributed by atoms with E-state index in [0.29, 0.717) is 25.1 Å². The van der Waals surface area contributed by atoms with Crippen molar-refractivity contribution < 1.29 is 17.7 Å². The van der Waals surface area contributed by atoms with Gasteiger partial charge in [-0.1, -0.05) is 47.1 Å². The Labute approximate surface area is 225 Å². The Morgan fingerprint density at radius 1 is 1.08 bits per heavy atom. The summed E-state index contributed by atoms with van der Waals surface area (Å²) in [4.78, 5) is 15.6. The number of carbonyl (C=O) groups is 1. The van der Waals surface area contributed by atoms with Gasteiger partial charge < -0.3 is 9.42 Å². The first kappa shape index (κ1) is 26.4. The SMILES string of the molecule is Cc1cc(C)c(/C=C/c2onc(C)c2S(=O)(=O)N2CCC[C@@H](C(=O)N3c4ccccc4C[C@H]3C)C2)c(C)c1. The number of amides is 1. The predicted octanol–water partition coefficient (Wildman–Crippen LogP) is 5.46. The molecule has 0 N–H and O–H groups in total. The maximum Gasteiger partial charge on any atom is 0.248 e. The summed E-state index contributed by atoms with van der Waals surface area (Å²) in [7, 11) is -3.92. The summed E-state index contributed by atoms with van der Waals surface area (Å²) in [6.45, 7) is 10.3. The van der Waals surface area contributed by atoms with Crippen LogP contribution in [0.5, 0.6) is 0 Å². The smallest absolute Gasteiger partial charge is 0.248 e. The van der Waals surface area contributed by atoms with Gasteiger partial charge in [-0.3, -0.25) is 4.79 Å². The van der Waals surface area contributed by atoms with Gasteiger partial charge in [-0.25, -0.2) is 8.42 Å². The van der Waals surface area contributed by atoms with Crippen molar-refractivity contribution in [1.82, 2.24) is 9.46 Å². The number of piperidine rings is 1. The third-order valence-corrected chi connectivity index (χ3v) is 9.77. The van der Waals surface area contributed by atoms with Crippen LogP contribution in [0.4, 0.5) is 5.69 Å². The summed E-state index contributed by atoms with van der Waals surface area (Å²) >= 11 is 0. The zero-order valence-corrected chi connectivity index (χ0v) is 23.5. The van der Waals surface area contributed by atoms with Crippen molar-refractivity contribution in [2.45, 2.75) is 64.8 Å². The summed E-state index contributed by atoms with van der Waals surface area (Å²) in [5.41, 5.74) is 6.83. The molecule has 0 radical (unpaired) electrons. The minimum atomic E-state index is -3.92. The highest BCUT2D eigenvalue weighted by Crippen LogP contribution is 2.36. The van der Waals surface area contributed by atoms with E-state index < -0.39 is 15.9 Å². The Kier molecular flexibility index (Phi) is 7.05. The molecule has 2 atom stereocenters. The highest BCUT2D eigenvalue weighted by Gasteiger charge is 2.40. The molecule has 7 nitrogen and oxygen atoms in total. The molecule has 0 spiro atoms. The molecule has 1 saturated heterocycles. The Balaban J connectivity index is 1.41. The van der Waals surface area contributed by atoms with Gasteiger partial charge in [0.05, 0.1) is 5.92 Å². The van der Waals surface area contributed by atoms with Crippen molar-refractivity contribution in [3.63, 3.8) is 0 Å². The number of para-hydroxylation sites is 1. The fraction of sp³-hybridized carbons (Fsp3) is 0.400. The molecular formula is C30H35N3O4S. The molecule has 2 aromatic carbocycles. The monoisotopic (exact) mass is 533 g/mol. The van der Waals surface area contributed by atoms with E-state index in [9.17, 15) is 13.2 Å². The second-order valence-corrected chi connectivity index (χ2v) is 12.6. The number of benzene rings is 2. The van der Waals surface area contributed by atoms with Crippen LogP contribution in [-0.2, 0) is 21.2 Å². The van der Waals surface area contributed by atoms with E-state index in [4.69, 9.17) is 4.52 Å². The van der Waals surface area contributed by atoms with Crippen molar-refractivity contribution in [3.05, 3.63) is 75.7 Å². The largest absolute Gasteiger partial charge is 0.355 e. The van der Waals surface area contributed by atoms with Crippen LogP contribution in [-0.4, -0.2) is 42.9 Å². The minimum absolute atomic E-state index is 0.00479. The number of anilines is 1. The topological polar surface area (TPSA) is 83.7 Å². The number of aromatic nitrogens is 1. The molecular weight excluding hydrogens is 498 g/mol. The normalized spacial score (nSPS) is 20.3. The standard InChI is InChI=1S/C30H35N3O4S/c1-19-15-20(2)26(21(3)16-19)12-13-28-29(23(5)31-37-28)38(35,36)32-14-8-10-25(18-32)30(34)33-22(4)17-24-9-6-7-11-27(24)33/h6-7,9,11-13,15-16,22,25H,8,10,14,17-18H2,1-5H3/b13-12+/t22-,25-/m1/s1. The molecule has 1 fully saturated rings. The average molecular weight is 534 g/mol. The summed E-state index contributed by atoms with van der Waals surface area (Å²) in [6.07, 6.45) is 5.67. The van der Waals surface area contributed by atoms with Gasteiger partial charge in [0.1, 0.15) is 5.69 Å². The molecule has 3 heterocycles. The third kappa shape index (κ3) is 4.71. The Hall–Kier alpha value is -3.23. The zero-order chi connectivity index (χ0) is 27.2. The zero-order valence-electron chi connectivity index (χ0n) is 22.7. The van der Waals surface area contributed by atoms with E-state index >= 15 is 0 Å². The van der Waals surface area contributed by atoms with E-state index in [0.717, 1.165) is 34.4 Å². The van der Waals surface area contributed by atoms with Crippen LogP contribution in [0.1, 0.15) is 59.0 Å². The van der Waals surface area contributed by atoms with Gasteiger partial charge >= 0.3 is 0 Å². The minimum Gasteiger partial charge on any atom is -0.355 e. The van der Waals surface area contributed by atoms with Crippen molar-refractivity contribution in [2.75, 3.05) is 18.0 Å². The fourth-order valence-corrected chi connectivity index (χ4v) is 7.78. The lowest BCUT2D eigenvalue weighted by atomic mass is 9.97. The molecule has 0 saturated carbocycles. The van der Waals surface area contributed by atoms with E-state index in [2.05, 4.69) is 30.3 Å². The van der Waals surface area contributed by atoms with Crippen LogP contribution in [0.3, 0.4) is 0 Å². The first-order chi connectivity index (χ1) is 18.1. The number of hydrogen-bond donors (Lipinski definition) is 0. The van der Waals surface area contributed by atoms with E-state index in [1.165, 1.54) is 9.87 Å². The van der Waals surface area contributed by atoms with E-state index in [1.807, 2.05) is 49.9 Å². The highest BCUT2D eigenvalue weighted by atomic mass is 32.2. The van der Waals surface area contributed by atoms with Gasteiger partial charge in [0.2, 0.25) is 15.9 Å². The number of aryl methyl sites for hydroxylation is 4. The lowest BCUT2D eigenvalue weighted by Crippen LogP contribution is -2.48. The van der Waals surface area contributed by atoms with Crippen LogP contribution < -0.4 is 4.90 Å². The summed E-state index contributed by atoms with van der Waals surface area (Å²) < 4.78 is 34.7. The van der Waals surface area contributed by atoms with Crippen molar-refractivity contribution in [2.24, 2.45) is 5.92 Å². The number of nitrogens with zero attached hydrogens (tertiary/aromatic N) is 3. The lowest BCUT2D eigenvalue weighted by molar-refractivity contribution is -0.123. The molecule has 0 bridgehead atoms. The molecule has 0 aliphatic carbocycles. The Bertz CT molecular complexity index is 1500. The van der Waals surface area contributed by atoms with Crippen LogP contribution in [0.25, 0.3) is 12.2 Å². The quantitative estimate of drug-likeness (QED) is 0.435. The van der Waals surface area contributed by atoms with Gasteiger partial charge in [-0.2, -0.15) is 4.31 Å². The Morgan fingerprint density at radius 3 is 2.53 bits per heavy atom. The number of hydrogen-bond acceptors (Lipinski definition) is 5. The second-order valence-electron chi connectivity index (χ2n) is 10.7. The van der Waals surface area contributed by atoms with Crippen molar-refractivity contribution in [1.29, 1.82) is 0 Å². The average Bonchev–Trinajstić information content (AvgIpc) is 3.41. The Morgan fingerprint density at radius 2 is 1.79 bits per heavy atom. The highest BCUT2D eigenvalue weighted by molar-refractivity contribution is 7.89. The first-order valence-electron chi connectivity index (χ1n) is 13.2. The summed E-state index contributed by atoms with van der Waals surface area (Å²) in [5.74, 6) is -0.198. The number of carbonyl (C=O) groups excluding carboxylic acids is 1. The summed E-state index contributed by atoms with van der Waals surface area (Å²) in [5, 5.41) is 3.99. The van der Waals surface area contributed by atoms with Crippen LogP contribution in [0, 0.1) is 33.6 Å². The van der Waals surface area contributed by atoms with Crippen LogP contribution >= 0.6 is 0 Å². The van der Waals surface area contributed by atoms with Crippen LogP contribution in [0.15, 0.2) is 45.8 Å². The molecule has 0 unspecified atom stereocenters. The maximum atomic E-state index is 13.9. The second kappa shape index (κ2) is 10.2. The summed E-state index contributed by atoms with van der Waals surface area (Å²) in [6, 6.07) is 12.2. The van der Waals surface area contributed by atoms with Crippen LogP contribution in [0.2, 0.25) is 0 Å². The third-order valence-electron chi connectivity index (χ3n) is 7.75. The molecule has 5 rings (SSSR count). The lowest BCUT2D eigenvalue weighted by Gasteiger charge is -2.34. The molecule has 8 heteroatoms. The molecule has 1 aromatic heterocycles. The van der Waals surface area contributed by atoms with Crippen molar-refractivity contribution in [3.8, 4) is 0 Å². The van der Waals surface area contributed by atoms with Gasteiger partial charge in [-0.15, -0.1) is 0 Å². The molecule has 3 aromatic rings. The van der Waals surface area contributed by atoms with Gasteiger partial charge in [0.25, 0.3) is 0 Å². The molecule has 2 aliphatic heterocycles. The number of sulfonamides is 1. The van der Waals surface area contributed by atoms with E-state index in [-0.39, 0.29) is 29.1 Å². The van der Waals surface area contributed by atoms with Gasteiger partial charge in [-0.05, 0) is 88.3 Å². The molecule has 200 valence electrons. The van der Waals surface area contributed by atoms with E-state index in [1.54, 1.807) is 13.0 Å². The molecule has 1 amide bonds. The van der Waals surface area contributed by atoms with Gasteiger partial charge in [0.15, 0.2) is 10.7 Å². The maximum absolute atomic E-state index is 13.9. The molecule has 2 aliphatic rings. The first-order valence-corrected chi connectivity index (χ1v) is 14.6. The number of rotatable bonds is 5. The number of fused-ring (bicyclic) bond motifs is 1. The van der Waals surface area contributed by atoms with Crippen molar-refractivity contribution >= 4 is 33.8 Å². The van der Waals surface area contributed by atoms with Gasteiger partial charge in [0, 0.05) is 24.8 Å². The fourth-order valence-electron chi connectivity index (χ4n) is 6.00. The molecule has 38 heavy (non-hydrogen) atoms. The predicted molar refractivity (Wildman–Crippen MR) is 149 cm³/mol.